The van der Waals surface area contributed by atoms with E-state index in [0.29, 0.717) is 11.5 Å². The van der Waals surface area contributed by atoms with Crippen molar-refractivity contribution >= 4 is 11.8 Å². The molecule has 1 unspecified atom stereocenters. The topological polar surface area (TPSA) is 69.4 Å². The zero-order valence-corrected chi connectivity index (χ0v) is 11.0. The van der Waals surface area contributed by atoms with Crippen LogP contribution in [0.1, 0.15) is 42.6 Å². The van der Waals surface area contributed by atoms with Crippen molar-refractivity contribution in [1.29, 1.82) is 0 Å². The fourth-order valence-electron chi connectivity index (χ4n) is 1.55. The summed E-state index contributed by atoms with van der Waals surface area (Å²) in [5.41, 5.74) is 7.12. The second-order valence-corrected chi connectivity index (χ2v) is 4.37. The third-order valence-electron chi connectivity index (χ3n) is 2.68. The lowest BCUT2D eigenvalue weighted by atomic mass is 9.98. The van der Waals surface area contributed by atoms with E-state index in [1.165, 1.54) is 0 Å². The molecule has 0 heterocycles. The van der Waals surface area contributed by atoms with E-state index in [1.54, 1.807) is 19.1 Å². The summed E-state index contributed by atoms with van der Waals surface area (Å²) in [6.45, 7) is 6.03. The molecule has 98 valence electrons. The summed E-state index contributed by atoms with van der Waals surface area (Å²) in [7, 11) is 0. The average molecular weight is 249 g/mol. The molecule has 0 bridgehead atoms. The largest absolute Gasteiger partial charge is 0.464 e. The van der Waals surface area contributed by atoms with E-state index >= 15 is 0 Å². The number of hydrogen-bond donors (Lipinski definition) is 1. The minimum Gasteiger partial charge on any atom is -0.464 e. The molecule has 2 N–H and O–H groups in total. The highest BCUT2D eigenvalue weighted by Crippen LogP contribution is 2.15. The lowest BCUT2D eigenvalue weighted by Crippen LogP contribution is -2.40. The average Bonchev–Trinajstić information content (AvgIpc) is 2.37. The van der Waals surface area contributed by atoms with Gasteiger partial charge in [0.05, 0.1) is 6.61 Å². The fourth-order valence-corrected chi connectivity index (χ4v) is 1.55. The van der Waals surface area contributed by atoms with E-state index < -0.39 is 17.8 Å². The maximum absolute atomic E-state index is 11.9. The van der Waals surface area contributed by atoms with E-state index in [1.807, 2.05) is 12.1 Å². The van der Waals surface area contributed by atoms with Crippen LogP contribution in [0.25, 0.3) is 0 Å². The van der Waals surface area contributed by atoms with Crippen molar-refractivity contribution in [3.8, 4) is 0 Å². The maximum atomic E-state index is 11.9. The molecule has 0 aromatic heterocycles. The normalized spacial score (nSPS) is 12.3. The minimum atomic E-state index is -1.24. The number of hydrogen-bond acceptors (Lipinski definition) is 4. The van der Waals surface area contributed by atoms with E-state index in [2.05, 4.69) is 13.8 Å². The molecule has 4 nitrogen and oxygen atoms in total. The van der Waals surface area contributed by atoms with Crippen molar-refractivity contribution in [2.45, 2.75) is 32.7 Å². The summed E-state index contributed by atoms with van der Waals surface area (Å²) in [6, 6.07) is 5.88. The molecule has 4 heteroatoms. The predicted molar refractivity (Wildman–Crippen MR) is 69.5 cm³/mol. The highest BCUT2D eigenvalue weighted by atomic mass is 16.5. The molecule has 0 radical (unpaired) electrons. The highest BCUT2D eigenvalue weighted by Gasteiger charge is 2.24. The Bertz CT molecular complexity index is 423. The van der Waals surface area contributed by atoms with Crippen molar-refractivity contribution in [2.75, 3.05) is 6.61 Å². The second kappa shape index (κ2) is 6.31. The quantitative estimate of drug-likeness (QED) is 0.491. The molecular weight excluding hydrogens is 230 g/mol. The first kappa shape index (κ1) is 14.4. The van der Waals surface area contributed by atoms with Gasteiger partial charge in [-0.3, -0.25) is 4.79 Å². The van der Waals surface area contributed by atoms with E-state index in [0.717, 1.165) is 5.56 Å². The van der Waals surface area contributed by atoms with Gasteiger partial charge in [0.25, 0.3) is 0 Å². The van der Waals surface area contributed by atoms with Crippen molar-refractivity contribution in [1.82, 2.24) is 0 Å². The van der Waals surface area contributed by atoms with Crippen LogP contribution in [0, 0.1) is 0 Å². The van der Waals surface area contributed by atoms with Gasteiger partial charge in [-0.05, 0) is 18.4 Å². The van der Waals surface area contributed by atoms with Crippen molar-refractivity contribution in [2.24, 2.45) is 5.73 Å². The van der Waals surface area contributed by atoms with Crippen LogP contribution in [0.15, 0.2) is 24.3 Å². The Morgan fingerprint density at radius 1 is 1.22 bits per heavy atom. The van der Waals surface area contributed by atoms with Gasteiger partial charge in [-0.1, -0.05) is 38.1 Å². The van der Waals surface area contributed by atoms with Crippen LogP contribution in [0.3, 0.4) is 0 Å². The number of benzene rings is 1. The van der Waals surface area contributed by atoms with Gasteiger partial charge in [0, 0.05) is 5.56 Å². The Labute approximate surface area is 107 Å². The van der Waals surface area contributed by atoms with Gasteiger partial charge in [-0.15, -0.1) is 0 Å². The number of carbonyl (C=O) groups is 2. The number of esters is 1. The summed E-state index contributed by atoms with van der Waals surface area (Å²) in [4.78, 5) is 23.3. The van der Waals surface area contributed by atoms with Gasteiger partial charge in [-0.25, -0.2) is 4.79 Å². The molecule has 1 aromatic carbocycles. The summed E-state index contributed by atoms with van der Waals surface area (Å²) >= 11 is 0. The molecule has 0 spiro atoms. The molecule has 1 atom stereocenters. The summed E-state index contributed by atoms with van der Waals surface area (Å²) in [6.07, 6.45) is 0. The molecule has 0 aliphatic rings. The van der Waals surface area contributed by atoms with Crippen molar-refractivity contribution in [3.05, 3.63) is 35.4 Å². The monoisotopic (exact) mass is 249 g/mol. The molecule has 0 saturated carbocycles. The van der Waals surface area contributed by atoms with E-state index in [9.17, 15) is 9.59 Å². The molecule has 0 saturated heterocycles. The van der Waals surface area contributed by atoms with Crippen LogP contribution >= 0.6 is 0 Å². The first-order valence-corrected chi connectivity index (χ1v) is 6.03. The molecule has 1 aromatic rings. The maximum Gasteiger partial charge on any atom is 0.331 e. The van der Waals surface area contributed by atoms with Crippen LogP contribution < -0.4 is 5.73 Å². The van der Waals surface area contributed by atoms with Gasteiger partial charge in [-0.2, -0.15) is 0 Å². The van der Waals surface area contributed by atoms with Gasteiger partial charge in [0.1, 0.15) is 0 Å². The lowest BCUT2D eigenvalue weighted by Gasteiger charge is -2.10. The van der Waals surface area contributed by atoms with Crippen LogP contribution in [-0.2, 0) is 9.53 Å². The fraction of sp³-hybridized carbons (Fsp3) is 0.429. The van der Waals surface area contributed by atoms with Crippen LogP contribution in [0.2, 0.25) is 0 Å². The van der Waals surface area contributed by atoms with Gasteiger partial charge in [0.15, 0.2) is 11.8 Å². The summed E-state index contributed by atoms with van der Waals surface area (Å²) in [5, 5.41) is 0. The third-order valence-corrected chi connectivity index (χ3v) is 2.68. The summed E-state index contributed by atoms with van der Waals surface area (Å²) < 4.78 is 4.72. The molecule has 0 fully saturated rings. The predicted octanol–water partition coefficient (Wildman–Crippen LogP) is 1.88. The van der Waals surface area contributed by atoms with E-state index in [-0.39, 0.29) is 6.61 Å². The summed E-state index contributed by atoms with van der Waals surface area (Å²) in [5.74, 6) is -0.702. The first-order valence-electron chi connectivity index (χ1n) is 6.03. The molecule has 0 aliphatic heterocycles. The standard InChI is InChI=1S/C14H19NO3/c1-4-18-14(17)12(15)13(16)11-7-5-10(6-8-11)9(2)3/h5-9,12H,4,15H2,1-3H3. The van der Waals surface area contributed by atoms with Crippen molar-refractivity contribution in [3.63, 3.8) is 0 Å². The number of nitrogens with two attached hydrogens (primary N) is 1. The van der Waals surface area contributed by atoms with Gasteiger partial charge >= 0.3 is 5.97 Å². The Kier molecular flexibility index (Phi) is 5.04. The first-order chi connectivity index (χ1) is 8.47. The second-order valence-electron chi connectivity index (χ2n) is 4.37. The molecule has 1 rings (SSSR count). The Balaban J connectivity index is 2.81. The van der Waals surface area contributed by atoms with Gasteiger partial charge < -0.3 is 10.5 Å². The molecule has 0 aliphatic carbocycles. The third kappa shape index (κ3) is 3.40. The molecule has 18 heavy (non-hydrogen) atoms. The zero-order chi connectivity index (χ0) is 13.7. The van der Waals surface area contributed by atoms with E-state index in [4.69, 9.17) is 10.5 Å². The zero-order valence-electron chi connectivity index (χ0n) is 11.0. The van der Waals surface area contributed by atoms with Crippen LogP contribution in [0.4, 0.5) is 0 Å². The molecular formula is C14H19NO3. The minimum absolute atomic E-state index is 0.214. The number of Topliss-reactive ketones (excluding diaryl/α,β-unsaturated/α-hetero) is 1. The van der Waals surface area contributed by atoms with Crippen LogP contribution in [0.5, 0.6) is 0 Å². The highest BCUT2D eigenvalue weighted by molar-refractivity contribution is 6.11. The Morgan fingerprint density at radius 3 is 2.22 bits per heavy atom. The molecule has 0 amide bonds. The Hall–Kier alpha value is -1.68. The van der Waals surface area contributed by atoms with Crippen LogP contribution in [-0.4, -0.2) is 24.4 Å². The smallest absolute Gasteiger partial charge is 0.331 e. The number of ketones is 1. The van der Waals surface area contributed by atoms with Crippen molar-refractivity contribution < 1.29 is 14.3 Å². The number of carbonyl (C=O) groups excluding carboxylic acids is 2. The lowest BCUT2D eigenvalue weighted by molar-refractivity contribution is -0.143. The number of ether oxygens (including phenoxy) is 1. The van der Waals surface area contributed by atoms with Gasteiger partial charge in [0.2, 0.25) is 0 Å². The number of rotatable bonds is 5. The Morgan fingerprint density at radius 2 is 1.78 bits per heavy atom. The SMILES string of the molecule is CCOC(=O)C(N)C(=O)c1ccc(C(C)C)cc1.